The van der Waals surface area contributed by atoms with Crippen LogP contribution in [-0.4, -0.2) is 25.5 Å². The van der Waals surface area contributed by atoms with E-state index in [0.717, 1.165) is 9.79 Å². The lowest BCUT2D eigenvalue weighted by Crippen LogP contribution is -2.30. The van der Waals surface area contributed by atoms with Gasteiger partial charge in [0.1, 0.15) is 0 Å². The number of carbonyl (C=O) groups is 2. The van der Waals surface area contributed by atoms with Gasteiger partial charge in [-0.3, -0.25) is 4.79 Å². The standard InChI is InChI=1S/C27H23F6N3O2S/c1-36-21-15-18(10-12-23(21)39-22-8-3-2-7-19(22)24(36)37)35-25(38)34-13-5-4-6-16-14-17(26(28,29)30)9-11-20(16)27(31,32)33/h2-3,7-12,14-15H,4-6,13H2,1H3,(H2,34,35,38). The van der Waals surface area contributed by atoms with E-state index in [1.54, 1.807) is 37.4 Å². The first kappa shape index (κ1) is 28.3. The molecule has 1 aliphatic heterocycles. The summed E-state index contributed by atoms with van der Waals surface area (Å²) in [5.74, 6) is -0.187. The molecule has 5 nitrogen and oxygen atoms in total. The second-order valence-electron chi connectivity index (χ2n) is 8.85. The Morgan fingerprint density at radius 1 is 0.897 bits per heavy atom. The van der Waals surface area contributed by atoms with Crippen LogP contribution in [0.15, 0.2) is 70.5 Å². The second kappa shape index (κ2) is 11.2. The van der Waals surface area contributed by atoms with Gasteiger partial charge in [-0.2, -0.15) is 26.3 Å². The zero-order valence-electron chi connectivity index (χ0n) is 20.5. The highest BCUT2D eigenvalue weighted by Crippen LogP contribution is 2.42. The fraction of sp³-hybridized carbons (Fsp3) is 0.259. The second-order valence-corrected chi connectivity index (χ2v) is 9.93. The molecule has 0 radical (unpaired) electrons. The molecule has 0 saturated carbocycles. The number of nitrogens with one attached hydrogen (secondary N) is 2. The predicted molar refractivity (Wildman–Crippen MR) is 136 cm³/mol. The van der Waals surface area contributed by atoms with Gasteiger partial charge in [-0.15, -0.1) is 0 Å². The first-order valence-electron chi connectivity index (χ1n) is 11.9. The third-order valence-corrected chi connectivity index (χ3v) is 7.26. The minimum absolute atomic E-state index is 0.0979. The van der Waals surface area contributed by atoms with Gasteiger partial charge in [-0.25, -0.2) is 4.79 Å². The first-order chi connectivity index (χ1) is 18.3. The molecule has 0 bridgehead atoms. The molecule has 0 unspecified atom stereocenters. The van der Waals surface area contributed by atoms with Crippen molar-refractivity contribution in [1.29, 1.82) is 0 Å². The highest BCUT2D eigenvalue weighted by Gasteiger charge is 2.36. The van der Waals surface area contributed by atoms with Gasteiger partial charge in [0.15, 0.2) is 0 Å². The number of fused-ring (bicyclic) bond motifs is 2. The zero-order valence-corrected chi connectivity index (χ0v) is 21.4. The highest BCUT2D eigenvalue weighted by molar-refractivity contribution is 7.99. The molecule has 12 heteroatoms. The van der Waals surface area contributed by atoms with E-state index in [0.29, 0.717) is 35.1 Å². The van der Waals surface area contributed by atoms with Crippen molar-refractivity contribution in [3.05, 3.63) is 82.9 Å². The largest absolute Gasteiger partial charge is 0.416 e. The van der Waals surface area contributed by atoms with Crippen molar-refractivity contribution in [3.8, 4) is 0 Å². The number of amides is 3. The maximum Gasteiger partial charge on any atom is 0.416 e. The van der Waals surface area contributed by atoms with Crippen LogP contribution < -0.4 is 15.5 Å². The Bertz CT molecular complexity index is 1390. The Morgan fingerprint density at radius 2 is 1.64 bits per heavy atom. The summed E-state index contributed by atoms with van der Waals surface area (Å²) in [6.07, 6.45) is -9.37. The summed E-state index contributed by atoms with van der Waals surface area (Å²) in [5.41, 5.74) is -1.07. The van der Waals surface area contributed by atoms with E-state index in [9.17, 15) is 35.9 Å². The SMILES string of the molecule is CN1C(=O)c2ccccc2Sc2ccc(NC(=O)NCCCCc3cc(C(F)(F)F)ccc3C(F)(F)F)cc21. The van der Waals surface area contributed by atoms with E-state index in [1.165, 1.54) is 16.7 Å². The van der Waals surface area contributed by atoms with E-state index in [-0.39, 0.29) is 31.7 Å². The third-order valence-electron chi connectivity index (χ3n) is 6.12. The van der Waals surface area contributed by atoms with Gasteiger partial charge in [0.2, 0.25) is 0 Å². The number of hydrogen-bond donors (Lipinski definition) is 2. The Labute approximate surface area is 224 Å². The molecule has 0 spiro atoms. The van der Waals surface area contributed by atoms with Crippen LogP contribution in [0.2, 0.25) is 0 Å². The highest BCUT2D eigenvalue weighted by atomic mass is 32.2. The zero-order chi connectivity index (χ0) is 28.4. The van der Waals surface area contributed by atoms with Crippen molar-refractivity contribution >= 4 is 35.1 Å². The fourth-order valence-electron chi connectivity index (χ4n) is 4.16. The molecular formula is C27H23F6N3O2S. The Hall–Kier alpha value is -3.67. The van der Waals surface area contributed by atoms with Crippen molar-refractivity contribution in [1.82, 2.24) is 5.32 Å². The van der Waals surface area contributed by atoms with Crippen LogP contribution in [0.3, 0.4) is 0 Å². The number of unbranched alkanes of at least 4 members (excludes halogenated alkanes) is 1. The molecule has 0 aromatic heterocycles. The molecule has 3 amide bonds. The summed E-state index contributed by atoms with van der Waals surface area (Å²) < 4.78 is 78.6. The van der Waals surface area contributed by atoms with Crippen LogP contribution in [-0.2, 0) is 18.8 Å². The van der Waals surface area contributed by atoms with E-state index < -0.39 is 35.1 Å². The molecule has 0 saturated heterocycles. The summed E-state index contributed by atoms with van der Waals surface area (Å²) in [5, 5.41) is 5.25. The summed E-state index contributed by atoms with van der Waals surface area (Å²) in [4.78, 5) is 28.4. The number of benzene rings is 3. The quantitative estimate of drug-likeness (QED) is 0.238. The summed E-state index contributed by atoms with van der Waals surface area (Å²) >= 11 is 1.44. The fourth-order valence-corrected chi connectivity index (χ4v) is 5.24. The lowest BCUT2D eigenvalue weighted by atomic mass is 9.98. The van der Waals surface area contributed by atoms with E-state index in [1.807, 2.05) is 12.1 Å². The predicted octanol–water partition coefficient (Wildman–Crippen LogP) is 7.61. The van der Waals surface area contributed by atoms with Gasteiger partial charge in [0, 0.05) is 29.1 Å². The molecule has 4 rings (SSSR count). The number of alkyl halides is 6. The van der Waals surface area contributed by atoms with E-state index >= 15 is 0 Å². The number of urea groups is 1. The van der Waals surface area contributed by atoms with Crippen LogP contribution >= 0.6 is 11.8 Å². The number of hydrogen-bond acceptors (Lipinski definition) is 3. The molecular weight excluding hydrogens is 544 g/mol. The average Bonchev–Trinajstić information content (AvgIpc) is 2.97. The van der Waals surface area contributed by atoms with E-state index in [2.05, 4.69) is 10.6 Å². The average molecular weight is 568 g/mol. The molecule has 3 aromatic rings. The summed E-state index contributed by atoms with van der Waals surface area (Å²) in [6, 6.07) is 13.2. The number of aryl methyl sites for hydroxylation is 1. The maximum atomic E-state index is 13.2. The maximum absolute atomic E-state index is 13.2. The van der Waals surface area contributed by atoms with Crippen molar-refractivity contribution in [3.63, 3.8) is 0 Å². The van der Waals surface area contributed by atoms with Gasteiger partial charge >= 0.3 is 18.4 Å². The van der Waals surface area contributed by atoms with Gasteiger partial charge in [-0.1, -0.05) is 23.9 Å². The van der Waals surface area contributed by atoms with Crippen molar-refractivity contribution in [2.24, 2.45) is 0 Å². The summed E-state index contributed by atoms with van der Waals surface area (Å²) in [7, 11) is 1.64. The van der Waals surface area contributed by atoms with Crippen molar-refractivity contribution in [2.75, 3.05) is 23.8 Å². The Morgan fingerprint density at radius 3 is 2.36 bits per heavy atom. The number of halogens is 6. The van der Waals surface area contributed by atoms with Crippen molar-refractivity contribution < 1.29 is 35.9 Å². The molecule has 1 aliphatic rings. The lowest BCUT2D eigenvalue weighted by Gasteiger charge is -2.18. The molecule has 1 heterocycles. The third kappa shape index (κ3) is 6.67. The van der Waals surface area contributed by atoms with Gasteiger partial charge in [0.05, 0.1) is 22.4 Å². The van der Waals surface area contributed by atoms with Crippen LogP contribution in [0.1, 0.15) is 39.9 Å². The molecule has 3 aromatic carbocycles. The lowest BCUT2D eigenvalue weighted by molar-refractivity contribution is -0.141. The number of rotatable bonds is 6. The van der Waals surface area contributed by atoms with Crippen LogP contribution in [0.25, 0.3) is 0 Å². The van der Waals surface area contributed by atoms with Crippen LogP contribution in [0.5, 0.6) is 0 Å². The minimum atomic E-state index is -4.77. The minimum Gasteiger partial charge on any atom is -0.338 e. The van der Waals surface area contributed by atoms with Crippen LogP contribution in [0, 0.1) is 0 Å². The van der Waals surface area contributed by atoms with Gasteiger partial charge in [0.25, 0.3) is 5.91 Å². The smallest absolute Gasteiger partial charge is 0.338 e. The molecule has 0 fully saturated rings. The first-order valence-corrected chi connectivity index (χ1v) is 12.7. The summed E-state index contributed by atoms with van der Waals surface area (Å²) in [6.45, 7) is 0.0979. The molecule has 206 valence electrons. The molecule has 0 atom stereocenters. The normalized spacial score (nSPS) is 13.4. The Balaban J connectivity index is 1.33. The van der Waals surface area contributed by atoms with Gasteiger partial charge < -0.3 is 15.5 Å². The molecule has 39 heavy (non-hydrogen) atoms. The Kier molecular flexibility index (Phi) is 8.15. The number of carbonyl (C=O) groups excluding carboxylic acids is 2. The van der Waals surface area contributed by atoms with Crippen LogP contribution in [0.4, 0.5) is 42.5 Å². The molecule has 2 N–H and O–H groups in total. The van der Waals surface area contributed by atoms with Gasteiger partial charge in [-0.05, 0) is 73.4 Å². The topological polar surface area (TPSA) is 61.4 Å². The number of anilines is 2. The monoisotopic (exact) mass is 567 g/mol. The molecule has 0 aliphatic carbocycles. The number of nitrogens with zero attached hydrogens (tertiary/aromatic N) is 1. The van der Waals surface area contributed by atoms with E-state index in [4.69, 9.17) is 0 Å². The van der Waals surface area contributed by atoms with Crippen molar-refractivity contribution in [2.45, 2.75) is 41.4 Å².